The molecule has 1 aromatic carbocycles. The number of aromatic nitrogens is 2. The Morgan fingerprint density at radius 1 is 1.20 bits per heavy atom. The van der Waals surface area contributed by atoms with Crippen molar-refractivity contribution in [2.45, 2.75) is 6.04 Å². The maximum absolute atomic E-state index is 9.57. The van der Waals surface area contributed by atoms with Gasteiger partial charge in [0.05, 0.1) is 19.8 Å². The summed E-state index contributed by atoms with van der Waals surface area (Å²) in [6.45, 7) is -0.0495. The van der Waals surface area contributed by atoms with Crippen molar-refractivity contribution in [1.82, 2.24) is 9.97 Å². The molecule has 20 heavy (non-hydrogen) atoms. The van der Waals surface area contributed by atoms with E-state index in [1.54, 1.807) is 14.2 Å². The molecule has 1 atom stereocenters. The van der Waals surface area contributed by atoms with Gasteiger partial charge in [-0.1, -0.05) is 30.3 Å². The highest BCUT2D eigenvalue weighted by Gasteiger charge is 2.16. The Labute approximate surface area is 117 Å². The molecule has 0 amide bonds. The summed E-state index contributed by atoms with van der Waals surface area (Å²) in [6.07, 6.45) is 1.44. The number of aliphatic hydroxyl groups is 1. The van der Waals surface area contributed by atoms with Crippen molar-refractivity contribution >= 4 is 11.6 Å². The van der Waals surface area contributed by atoms with Crippen molar-refractivity contribution in [2.24, 2.45) is 0 Å². The minimum atomic E-state index is -0.260. The average molecular weight is 274 g/mol. The number of anilines is 2. The van der Waals surface area contributed by atoms with E-state index in [0.29, 0.717) is 17.4 Å². The highest BCUT2D eigenvalue weighted by molar-refractivity contribution is 5.63. The highest BCUT2D eigenvalue weighted by atomic mass is 16.5. The van der Waals surface area contributed by atoms with Crippen molar-refractivity contribution in [3.05, 3.63) is 42.2 Å². The minimum absolute atomic E-state index is 0.0495. The van der Waals surface area contributed by atoms with Crippen LogP contribution in [0, 0.1) is 0 Å². The van der Waals surface area contributed by atoms with Crippen molar-refractivity contribution < 1.29 is 9.84 Å². The van der Waals surface area contributed by atoms with Crippen LogP contribution in [0.2, 0.25) is 0 Å². The minimum Gasteiger partial charge on any atom is -0.490 e. The van der Waals surface area contributed by atoms with E-state index in [2.05, 4.69) is 20.6 Å². The lowest BCUT2D eigenvalue weighted by atomic mass is 10.1. The third kappa shape index (κ3) is 2.97. The van der Waals surface area contributed by atoms with E-state index in [9.17, 15) is 5.11 Å². The predicted molar refractivity (Wildman–Crippen MR) is 78.0 cm³/mol. The Morgan fingerprint density at radius 2 is 1.90 bits per heavy atom. The second-order valence-electron chi connectivity index (χ2n) is 4.14. The van der Waals surface area contributed by atoms with Crippen LogP contribution in [-0.4, -0.2) is 35.8 Å². The van der Waals surface area contributed by atoms with Gasteiger partial charge in [0.2, 0.25) is 5.75 Å². The van der Waals surface area contributed by atoms with Gasteiger partial charge in [0.1, 0.15) is 6.33 Å². The van der Waals surface area contributed by atoms with Crippen molar-refractivity contribution in [3.63, 3.8) is 0 Å². The Balaban J connectivity index is 2.28. The number of nitrogens with one attached hydrogen (secondary N) is 2. The molecule has 0 aliphatic heterocycles. The van der Waals surface area contributed by atoms with Gasteiger partial charge < -0.3 is 20.5 Å². The molecule has 0 bridgehead atoms. The number of nitrogens with zero attached hydrogens (tertiary/aromatic N) is 2. The Kier molecular flexibility index (Phi) is 4.73. The molecule has 6 heteroatoms. The SMILES string of the molecule is CNc1ncnc(NC(CO)c2ccccc2)c1OC. The lowest BCUT2D eigenvalue weighted by Crippen LogP contribution is -2.16. The molecule has 0 spiro atoms. The van der Waals surface area contributed by atoms with Gasteiger partial charge in [-0.15, -0.1) is 0 Å². The average Bonchev–Trinajstić information content (AvgIpc) is 2.52. The lowest BCUT2D eigenvalue weighted by Gasteiger charge is -2.19. The van der Waals surface area contributed by atoms with E-state index in [-0.39, 0.29) is 12.6 Å². The predicted octanol–water partition coefficient (Wildman–Crippen LogP) is 1.67. The summed E-state index contributed by atoms with van der Waals surface area (Å²) >= 11 is 0. The molecule has 1 unspecified atom stereocenters. The first-order chi connectivity index (χ1) is 9.80. The summed E-state index contributed by atoms with van der Waals surface area (Å²) in [5, 5.41) is 15.7. The van der Waals surface area contributed by atoms with Gasteiger partial charge in [0.25, 0.3) is 0 Å². The van der Waals surface area contributed by atoms with Crippen LogP contribution in [0.4, 0.5) is 11.6 Å². The first kappa shape index (κ1) is 14.1. The molecule has 1 heterocycles. The highest BCUT2D eigenvalue weighted by Crippen LogP contribution is 2.31. The number of methoxy groups -OCH3 is 1. The van der Waals surface area contributed by atoms with Crippen LogP contribution >= 0.6 is 0 Å². The smallest absolute Gasteiger partial charge is 0.204 e. The fourth-order valence-electron chi connectivity index (χ4n) is 1.93. The molecular formula is C14H18N4O2. The molecule has 0 aliphatic rings. The summed E-state index contributed by atoms with van der Waals surface area (Å²) in [5.74, 6) is 1.65. The van der Waals surface area contributed by atoms with Crippen LogP contribution in [0.25, 0.3) is 0 Å². The molecule has 0 radical (unpaired) electrons. The van der Waals surface area contributed by atoms with E-state index in [1.807, 2.05) is 30.3 Å². The van der Waals surface area contributed by atoms with Gasteiger partial charge in [0.15, 0.2) is 11.6 Å². The topological polar surface area (TPSA) is 79.3 Å². The molecule has 0 saturated carbocycles. The number of hydrogen-bond donors (Lipinski definition) is 3. The Morgan fingerprint density at radius 3 is 2.50 bits per heavy atom. The zero-order valence-electron chi connectivity index (χ0n) is 11.5. The molecule has 0 saturated heterocycles. The zero-order valence-corrected chi connectivity index (χ0v) is 11.5. The number of rotatable bonds is 6. The van der Waals surface area contributed by atoms with Crippen molar-refractivity contribution in [1.29, 1.82) is 0 Å². The van der Waals surface area contributed by atoms with Crippen molar-refractivity contribution in [3.8, 4) is 5.75 Å². The second-order valence-corrected chi connectivity index (χ2v) is 4.14. The van der Waals surface area contributed by atoms with Crippen LogP contribution in [0.3, 0.4) is 0 Å². The molecule has 2 rings (SSSR count). The molecule has 106 valence electrons. The third-order valence-electron chi connectivity index (χ3n) is 2.94. The van der Waals surface area contributed by atoms with Gasteiger partial charge in [0, 0.05) is 7.05 Å². The zero-order chi connectivity index (χ0) is 14.4. The quantitative estimate of drug-likeness (QED) is 0.743. The maximum atomic E-state index is 9.57. The number of aliphatic hydroxyl groups excluding tert-OH is 1. The molecule has 1 aromatic heterocycles. The summed E-state index contributed by atoms with van der Waals surface area (Å²) in [7, 11) is 3.32. The fourth-order valence-corrected chi connectivity index (χ4v) is 1.93. The molecule has 0 aliphatic carbocycles. The first-order valence-corrected chi connectivity index (χ1v) is 6.29. The van der Waals surface area contributed by atoms with E-state index >= 15 is 0 Å². The van der Waals surface area contributed by atoms with E-state index in [1.165, 1.54) is 6.33 Å². The van der Waals surface area contributed by atoms with E-state index < -0.39 is 0 Å². The molecular weight excluding hydrogens is 256 g/mol. The van der Waals surface area contributed by atoms with E-state index in [0.717, 1.165) is 5.56 Å². The summed E-state index contributed by atoms with van der Waals surface area (Å²) in [4.78, 5) is 8.26. The third-order valence-corrected chi connectivity index (χ3v) is 2.94. The van der Waals surface area contributed by atoms with Gasteiger partial charge in [-0.05, 0) is 5.56 Å². The largest absolute Gasteiger partial charge is 0.490 e. The standard InChI is InChI=1S/C14H18N4O2/c1-15-13-12(20-2)14(17-9-16-13)18-11(8-19)10-6-4-3-5-7-10/h3-7,9,11,19H,8H2,1-2H3,(H2,15,16,17,18). The lowest BCUT2D eigenvalue weighted by molar-refractivity contribution is 0.275. The van der Waals surface area contributed by atoms with Crippen LogP contribution in [-0.2, 0) is 0 Å². The maximum Gasteiger partial charge on any atom is 0.204 e. The molecule has 0 fully saturated rings. The molecule has 6 nitrogen and oxygen atoms in total. The van der Waals surface area contributed by atoms with Gasteiger partial charge in [-0.25, -0.2) is 9.97 Å². The fraction of sp³-hybridized carbons (Fsp3) is 0.286. The number of ether oxygens (including phenoxy) is 1. The molecule has 3 N–H and O–H groups in total. The summed E-state index contributed by atoms with van der Waals surface area (Å²) in [6, 6.07) is 9.42. The Bertz CT molecular complexity index is 548. The van der Waals surface area contributed by atoms with Crippen LogP contribution in [0.15, 0.2) is 36.7 Å². The number of benzene rings is 1. The van der Waals surface area contributed by atoms with Gasteiger partial charge in [-0.2, -0.15) is 0 Å². The summed E-state index contributed by atoms with van der Waals surface area (Å²) in [5.41, 5.74) is 0.974. The summed E-state index contributed by atoms with van der Waals surface area (Å²) < 4.78 is 5.32. The van der Waals surface area contributed by atoms with Crippen LogP contribution in [0.1, 0.15) is 11.6 Å². The van der Waals surface area contributed by atoms with E-state index in [4.69, 9.17) is 4.74 Å². The van der Waals surface area contributed by atoms with Crippen LogP contribution in [0.5, 0.6) is 5.75 Å². The molecule has 2 aromatic rings. The van der Waals surface area contributed by atoms with Crippen molar-refractivity contribution in [2.75, 3.05) is 31.4 Å². The van der Waals surface area contributed by atoms with Gasteiger partial charge >= 0.3 is 0 Å². The monoisotopic (exact) mass is 274 g/mol. The number of hydrogen-bond acceptors (Lipinski definition) is 6. The first-order valence-electron chi connectivity index (χ1n) is 6.29. The van der Waals surface area contributed by atoms with Crippen LogP contribution < -0.4 is 15.4 Å². The Hall–Kier alpha value is -2.34. The van der Waals surface area contributed by atoms with Gasteiger partial charge in [-0.3, -0.25) is 0 Å². The second kappa shape index (κ2) is 6.72. The normalized spacial score (nSPS) is 11.8.